The van der Waals surface area contributed by atoms with Crippen LogP contribution >= 0.6 is 11.6 Å². The molecule has 0 bridgehead atoms. The van der Waals surface area contributed by atoms with E-state index in [9.17, 15) is 4.79 Å². The Hall–Kier alpha value is -1.22. The quantitative estimate of drug-likeness (QED) is 0.762. The first-order chi connectivity index (χ1) is 9.90. The number of halogens is 1. The van der Waals surface area contributed by atoms with Gasteiger partial charge in [0.1, 0.15) is 5.75 Å². The second-order valence-corrected chi connectivity index (χ2v) is 6.42. The number of carbonyl (C=O) groups is 1. The third-order valence-corrected chi connectivity index (χ3v) is 4.88. The molecule has 3 nitrogen and oxygen atoms in total. The van der Waals surface area contributed by atoms with Crippen molar-refractivity contribution in [1.29, 1.82) is 0 Å². The van der Waals surface area contributed by atoms with Crippen LogP contribution in [0.3, 0.4) is 0 Å². The molecule has 1 aromatic carbocycles. The number of aryl methyl sites for hydroxylation is 1. The van der Waals surface area contributed by atoms with Crippen LogP contribution in [-0.2, 0) is 9.53 Å². The Kier molecular flexibility index (Phi) is 4.82. The molecule has 0 aromatic heterocycles. The van der Waals surface area contributed by atoms with Crippen molar-refractivity contribution in [2.24, 2.45) is 11.8 Å². The predicted molar refractivity (Wildman–Crippen MR) is 84.1 cm³/mol. The van der Waals surface area contributed by atoms with Gasteiger partial charge in [-0.1, -0.05) is 18.5 Å². The average Bonchev–Trinajstić information content (AvgIpc) is 3.20. The molecule has 1 fully saturated rings. The molecule has 0 spiro atoms. The number of methoxy groups -OCH3 is 2. The van der Waals surface area contributed by atoms with E-state index in [1.54, 1.807) is 7.11 Å². The molecule has 2 rings (SSSR count). The molecule has 0 heterocycles. The lowest BCUT2D eigenvalue weighted by Gasteiger charge is -2.21. The number of benzene rings is 1. The second kappa shape index (κ2) is 6.27. The van der Waals surface area contributed by atoms with E-state index in [2.05, 4.69) is 6.92 Å². The van der Waals surface area contributed by atoms with Gasteiger partial charge in [0, 0.05) is 10.6 Å². The number of ether oxygens (including phenoxy) is 2. The van der Waals surface area contributed by atoms with E-state index in [0.717, 1.165) is 40.3 Å². The standard InChI is InChI=1S/C17H23ClO3/c1-9(6-12-8-13(12)17(19)21-5)15-11(3)14(18)7-10(2)16(15)20-4/h7,9,12-13H,6,8H2,1-5H3. The molecule has 3 atom stereocenters. The fourth-order valence-electron chi connectivity index (χ4n) is 3.26. The van der Waals surface area contributed by atoms with Crippen LogP contribution < -0.4 is 4.74 Å². The lowest BCUT2D eigenvalue weighted by atomic mass is 9.89. The number of esters is 1. The molecule has 0 N–H and O–H groups in total. The molecular formula is C17H23ClO3. The van der Waals surface area contributed by atoms with Crippen molar-refractivity contribution < 1.29 is 14.3 Å². The van der Waals surface area contributed by atoms with Crippen molar-refractivity contribution in [3.8, 4) is 5.75 Å². The van der Waals surface area contributed by atoms with Crippen LogP contribution in [-0.4, -0.2) is 20.2 Å². The molecule has 3 unspecified atom stereocenters. The van der Waals surface area contributed by atoms with Gasteiger partial charge in [-0.25, -0.2) is 0 Å². The van der Waals surface area contributed by atoms with Crippen LogP contribution in [0.5, 0.6) is 5.75 Å². The van der Waals surface area contributed by atoms with E-state index in [1.807, 2.05) is 19.9 Å². The molecule has 1 aliphatic rings. The summed E-state index contributed by atoms with van der Waals surface area (Å²) in [6.45, 7) is 6.21. The van der Waals surface area contributed by atoms with Gasteiger partial charge in [0.2, 0.25) is 0 Å². The van der Waals surface area contributed by atoms with Gasteiger partial charge >= 0.3 is 5.97 Å². The highest BCUT2D eigenvalue weighted by Gasteiger charge is 2.44. The smallest absolute Gasteiger partial charge is 0.308 e. The maximum Gasteiger partial charge on any atom is 0.308 e. The Bertz CT molecular complexity index is 553. The second-order valence-electron chi connectivity index (χ2n) is 6.01. The van der Waals surface area contributed by atoms with E-state index in [4.69, 9.17) is 21.1 Å². The van der Waals surface area contributed by atoms with E-state index >= 15 is 0 Å². The molecule has 0 saturated heterocycles. The molecule has 21 heavy (non-hydrogen) atoms. The fraction of sp³-hybridized carbons (Fsp3) is 0.588. The van der Waals surface area contributed by atoms with Gasteiger partial charge in [-0.3, -0.25) is 4.79 Å². The van der Waals surface area contributed by atoms with E-state index in [1.165, 1.54) is 7.11 Å². The van der Waals surface area contributed by atoms with Gasteiger partial charge in [0.25, 0.3) is 0 Å². The van der Waals surface area contributed by atoms with Gasteiger partial charge in [-0.15, -0.1) is 0 Å². The molecular weight excluding hydrogens is 288 g/mol. The fourth-order valence-corrected chi connectivity index (χ4v) is 3.53. The predicted octanol–water partition coefficient (Wildman–Crippen LogP) is 4.27. The third-order valence-electron chi connectivity index (χ3n) is 4.49. The summed E-state index contributed by atoms with van der Waals surface area (Å²) in [6.07, 6.45) is 1.88. The molecule has 116 valence electrons. The summed E-state index contributed by atoms with van der Waals surface area (Å²) >= 11 is 6.32. The van der Waals surface area contributed by atoms with Gasteiger partial charge in [-0.2, -0.15) is 0 Å². The van der Waals surface area contributed by atoms with Crippen molar-refractivity contribution >= 4 is 17.6 Å². The Morgan fingerprint density at radius 3 is 2.67 bits per heavy atom. The lowest BCUT2D eigenvalue weighted by molar-refractivity contribution is -0.142. The zero-order chi connectivity index (χ0) is 15.7. The SMILES string of the molecule is COC(=O)C1CC1CC(C)c1c(C)c(Cl)cc(C)c1OC. The first-order valence-corrected chi connectivity index (χ1v) is 7.69. The summed E-state index contributed by atoms with van der Waals surface area (Å²) in [4.78, 5) is 11.5. The zero-order valence-corrected chi connectivity index (χ0v) is 14.1. The molecule has 1 aliphatic carbocycles. The number of hydrogen-bond donors (Lipinski definition) is 0. The minimum absolute atomic E-state index is 0.0732. The molecule has 0 aliphatic heterocycles. The highest BCUT2D eigenvalue weighted by atomic mass is 35.5. The summed E-state index contributed by atoms with van der Waals surface area (Å²) in [7, 11) is 3.15. The summed E-state index contributed by atoms with van der Waals surface area (Å²) in [5.41, 5.74) is 3.29. The van der Waals surface area contributed by atoms with Crippen molar-refractivity contribution in [3.05, 3.63) is 27.8 Å². The number of rotatable bonds is 5. The van der Waals surface area contributed by atoms with Gasteiger partial charge in [-0.05, 0) is 55.7 Å². The maximum atomic E-state index is 11.5. The van der Waals surface area contributed by atoms with Gasteiger partial charge in [0.05, 0.1) is 20.1 Å². The minimum atomic E-state index is -0.0850. The van der Waals surface area contributed by atoms with Crippen LogP contribution in [0.15, 0.2) is 6.07 Å². The Morgan fingerprint density at radius 1 is 1.43 bits per heavy atom. The van der Waals surface area contributed by atoms with Crippen molar-refractivity contribution in [1.82, 2.24) is 0 Å². The summed E-state index contributed by atoms with van der Waals surface area (Å²) in [5.74, 6) is 1.62. The first kappa shape index (κ1) is 16.2. The van der Waals surface area contributed by atoms with E-state index in [-0.39, 0.29) is 11.9 Å². The number of hydrogen-bond acceptors (Lipinski definition) is 3. The highest BCUT2D eigenvalue weighted by Crippen LogP contribution is 2.48. The molecule has 4 heteroatoms. The van der Waals surface area contributed by atoms with E-state index in [0.29, 0.717) is 11.8 Å². The topological polar surface area (TPSA) is 35.5 Å². The Balaban J connectivity index is 2.20. The first-order valence-electron chi connectivity index (χ1n) is 7.32. The monoisotopic (exact) mass is 310 g/mol. The van der Waals surface area contributed by atoms with Gasteiger partial charge < -0.3 is 9.47 Å². The van der Waals surface area contributed by atoms with Crippen LogP contribution in [0.1, 0.15) is 42.4 Å². The summed E-state index contributed by atoms with van der Waals surface area (Å²) < 4.78 is 10.4. The molecule has 1 aromatic rings. The average molecular weight is 311 g/mol. The largest absolute Gasteiger partial charge is 0.496 e. The van der Waals surface area contributed by atoms with Gasteiger partial charge in [0.15, 0.2) is 0 Å². The van der Waals surface area contributed by atoms with Crippen molar-refractivity contribution in [2.45, 2.75) is 39.5 Å². The van der Waals surface area contributed by atoms with Crippen molar-refractivity contribution in [3.63, 3.8) is 0 Å². The van der Waals surface area contributed by atoms with Crippen LogP contribution in [0.4, 0.5) is 0 Å². The third kappa shape index (κ3) is 3.18. The van der Waals surface area contributed by atoms with Crippen LogP contribution in [0.2, 0.25) is 5.02 Å². The normalized spacial score (nSPS) is 21.8. The van der Waals surface area contributed by atoms with Crippen molar-refractivity contribution in [2.75, 3.05) is 14.2 Å². The summed E-state index contributed by atoms with van der Waals surface area (Å²) in [6, 6.07) is 1.94. The van der Waals surface area contributed by atoms with Crippen LogP contribution in [0, 0.1) is 25.7 Å². The van der Waals surface area contributed by atoms with E-state index < -0.39 is 0 Å². The molecule has 1 saturated carbocycles. The molecule has 0 amide bonds. The lowest BCUT2D eigenvalue weighted by Crippen LogP contribution is -2.07. The highest BCUT2D eigenvalue weighted by molar-refractivity contribution is 6.31. The zero-order valence-electron chi connectivity index (χ0n) is 13.3. The molecule has 0 radical (unpaired) electrons. The minimum Gasteiger partial charge on any atom is -0.496 e. The summed E-state index contributed by atoms with van der Waals surface area (Å²) in [5, 5.41) is 0.774. The Labute approximate surface area is 131 Å². The van der Waals surface area contributed by atoms with Crippen LogP contribution in [0.25, 0.3) is 0 Å². The Morgan fingerprint density at radius 2 is 2.10 bits per heavy atom. The maximum absolute atomic E-state index is 11.5. The number of carbonyl (C=O) groups excluding carboxylic acids is 1.